The Labute approximate surface area is 126 Å². The molecule has 116 valence electrons. The van der Waals surface area contributed by atoms with Gasteiger partial charge in [-0.2, -0.15) is 0 Å². The van der Waals surface area contributed by atoms with Gasteiger partial charge in [0.1, 0.15) is 5.60 Å². The van der Waals surface area contributed by atoms with E-state index < -0.39 is 17.7 Å². The molecule has 7 nitrogen and oxygen atoms in total. The van der Waals surface area contributed by atoms with E-state index in [2.05, 4.69) is 10.5 Å². The van der Waals surface area contributed by atoms with Crippen LogP contribution in [0.2, 0.25) is 0 Å². The first-order valence-electron chi connectivity index (χ1n) is 6.55. The smallest absolute Gasteiger partial charge is 0.412 e. The molecule has 22 heavy (non-hydrogen) atoms. The number of hydrogen-bond acceptors (Lipinski definition) is 5. The summed E-state index contributed by atoms with van der Waals surface area (Å²) in [5.41, 5.74) is 0.466. The lowest BCUT2D eigenvalue weighted by molar-refractivity contribution is 0.0633. The molecule has 0 aliphatic heterocycles. The van der Waals surface area contributed by atoms with E-state index in [1.807, 2.05) is 0 Å². The van der Waals surface area contributed by atoms with E-state index in [-0.39, 0.29) is 5.69 Å². The quantitative estimate of drug-likeness (QED) is 0.901. The molecular weight excluding hydrogens is 288 g/mol. The monoisotopic (exact) mass is 304 g/mol. The zero-order valence-electron chi connectivity index (χ0n) is 12.4. The number of aromatic carboxylic acids is 1. The molecule has 0 spiro atoms. The molecule has 0 aliphatic carbocycles. The third kappa shape index (κ3) is 4.08. The normalized spacial score (nSPS) is 11.0. The van der Waals surface area contributed by atoms with Crippen LogP contribution >= 0.6 is 0 Å². The van der Waals surface area contributed by atoms with Crippen LogP contribution in [0.5, 0.6) is 0 Å². The maximum absolute atomic E-state index is 11.6. The predicted octanol–water partition coefficient (Wildman–Crippen LogP) is 3.39. The average Bonchev–Trinajstić information content (AvgIpc) is 2.87. The van der Waals surface area contributed by atoms with Gasteiger partial charge < -0.3 is 14.4 Å². The predicted molar refractivity (Wildman–Crippen MR) is 78.8 cm³/mol. The number of amides is 1. The largest absolute Gasteiger partial charge is 0.476 e. The Balaban J connectivity index is 2.06. The van der Waals surface area contributed by atoms with Crippen molar-refractivity contribution in [3.8, 4) is 11.3 Å². The number of ether oxygens (including phenoxy) is 1. The van der Waals surface area contributed by atoms with Gasteiger partial charge in [-0.3, -0.25) is 5.32 Å². The van der Waals surface area contributed by atoms with Crippen molar-refractivity contribution < 1.29 is 24.0 Å². The molecule has 0 fully saturated rings. The van der Waals surface area contributed by atoms with E-state index >= 15 is 0 Å². The maximum Gasteiger partial charge on any atom is 0.412 e. The summed E-state index contributed by atoms with van der Waals surface area (Å²) in [7, 11) is 0. The summed E-state index contributed by atoms with van der Waals surface area (Å²) in [6, 6.07) is 8.00. The van der Waals surface area contributed by atoms with E-state index in [0.29, 0.717) is 17.0 Å². The Morgan fingerprint density at radius 1 is 1.23 bits per heavy atom. The zero-order chi connectivity index (χ0) is 16.3. The summed E-state index contributed by atoms with van der Waals surface area (Å²) in [4.78, 5) is 22.4. The number of anilines is 1. The topological polar surface area (TPSA) is 102 Å². The number of carboxylic acids is 1. The molecule has 1 heterocycles. The molecule has 2 rings (SSSR count). The molecule has 1 amide bonds. The number of nitrogens with one attached hydrogen (secondary N) is 1. The second kappa shape index (κ2) is 5.88. The Hall–Kier alpha value is -2.83. The van der Waals surface area contributed by atoms with Crippen molar-refractivity contribution in [3.63, 3.8) is 0 Å². The second-order valence-corrected chi connectivity index (χ2v) is 5.59. The maximum atomic E-state index is 11.6. The molecule has 0 radical (unpaired) electrons. The van der Waals surface area contributed by atoms with Gasteiger partial charge in [0, 0.05) is 17.3 Å². The Bertz CT molecular complexity index is 683. The van der Waals surface area contributed by atoms with Crippen molar-refractivity contribution in [3.05, 3.63) is 36.0 Å². The van der Waals surface area contributed by atoms with Gasteiger partial charge in [-0.05, 0) is 45.0 Å². The Kier molecular flexibility index (Phi) is 4.16. The van der Waals surface area contributed by atoms with Crippen molar-refractivity contribution in [2.24, 2.45) is 0 Å². The minimum atomic E-state index is -1.15. The third-order valence-electron chi connectivity index (χ3n) is 2.54. The van der Waals surface area contributed by atoms with Gasteiger partial charge in [0.25, 0.3) is 0 Å². The highest BCUT2D eigenvalue weighted by molar-refractivity contribution is 5.87. The fraction of sp³-hybridized carbons (Fsp3) is 0.267. The molecule has 2 aromatic rings. The van der Waals surface area contributed by atoms with Crippen LogP contribution in [0.3, 0.4) is 0 Å². The van der Waals surface area contributed by atoms with Crippen molar-refractivity contribution >= 4 is 17.7 Å². The molecule has 2 N–H and O–H groups in total. The van der Waals surface area contributed by atoms with E-state index in [1.165, 1.54) is 6.07 Å². The lowest BCUT2D eigenvalue weighted by Crippen LogP contribution is -2.27. The lowest BCUT2D eigenvalue weighted by Gasteiger charge is -2.19. The van der Waals surface area contributed by atoms with Gasteiger partial charge in [0.05, 0.1) is 0 Å². The first-order chi connectivity index (χ1) is 10.2. The van der Waals surface area contributed by atoms with E-state index in [4.69, 9.17) is 14.4 Å². The van der Waals surface area contributed by atoms with Crippen molar-refractivity contribution in [1.82, 2.24) is 5.16 Å². The highest BCUT2D eigenvalue weighted by Crippen LogP contribution is 2.22. The van der Waals surface area contributed by atoms with E-state index in [1.54, 1.807) is 45.0 Å². The lowest BCUT2D eigenvalue weighted by atomic mass is 10.1. The Morgan fingerprint density at radius 3 is 2.36 bits per heavy atom. The van der Waals surface area contributed by atoms with Crippen LogP contribution in [0.1, 0.15) is 31.3 Å². The summed E-state index contributed by atoms with van der Waals surface area (Å²) in [6.07, 6.45) is -0.548. The zero-order valence-corrected chi connectivity index (χ0v) is 12.4. The number of carbonyl (C=O) groups excluding carboxylic acids is 1. The van der Waals surface area contributed by atoms with Crippen molar-refractivity contribution in [1.29, 1.82) is 0 Å². The van der Waals surface area contributed by atoms with Gasteiger partial charge in [-0.1, -0.05) is 5.16 Å². The molecule has 0 saturated heterocycles. The summed E-state index contributed by atoms with van der Waals surface area (Å²) in [5, 5.41) is 14.8. The van der Waals surface area contributed by atoms with Crippen LogP contribution in [0, 0.1) is 0 Å². The van der Waals surface area contributed by atoms with Crippen molar-refractivity contribution in [2.45, 2.75) is 26.4 Å². The van der Waals surface area contributed by atoms with Crippen LogP contribution in [0.4, 0.5) is 10.5 Å². The number of aromatic nitrogens is 1. The molecule has 0 aliphatic rings. The number of hydrogen-bond donors (Lipinski definition) is 2. The van der Waals surface area contributed by atoms with Crippen LogP contribution in [-0.4, -0.2) is 27.9 Å². The number of nitrogens with zero attached hydrogens (tertiary/aromatic N) is 1. The van der Waals surface area contributed by atoms with Gasteiger partial charge in [0.15, 0.2) is 11.5 Å². The molecule has 7 heteroatoms. The molecular formula is C15H16N2O5. The van der Waals surface area contributed by atoms with Crippen molar-refractivity contribution in [2.75, 3.05) is 5.32 Å². The molecule has 0 saturated carbocycles. The first-order valence-corrected chi connectivity index (χ1v) is 6.55. The minimum absolute atomic E-state index is 0.161. The first kappa shape index (κ1) is 15.6. The average molecular weight is 304 g/mol. The SMILES string of the molecule is CC(C)(C)OC(=O)Nc1ccc(-c2cc(C(=O)O)no2)cc1. The van der Waals surface area contributed by atoms with Gasteiger partial charge >= 0.3 is 12.1 Å². The molecule has 0 unspecified atom stereocenters. The van der Waals surface area contributed by atoms with Crippen LogP contribution < -0.4 is 5.32 Å². The van der Waals surface area contributed by atoms with Gasteiger partial charge in [-0.25, -0.2) is 9.59 Å². The number of rotatable bonds is 3. The summed E-state index contributed by atoms with van der Waals surface area (Å²) < 4.78 is 10.1. The van der Waals surface area contributed by atoms with E-state index in [9.17, 15) is 9.59 Å². The highest BCUT2D eigenvalue weighted by Gasteiger charge is 2.16. The standard InChI is InChI=1S/C15H16N2O5/c1-15(2,3)21-14(20)16-10-6-4-9(5-7-10)12-8-11(13(18)19)17-22-12/h4-8H,1-3H3,(H,16,20)(H,18,19). The number of benzene rings is 1. The highest BCUT2D eigenvalue weighted by atomic mass is 16.6. The molecule has 1 aromatic carbocycles. The van der Waals surface area contributed by atoms with Gasteiger partial charge in [-0.15, -0.1) is 0 Å². The molecule has 0 atom stereocenters. The summed E-state index contributed by atoms with van der Waals surface area (Å²) >= 11 is 0. The third-order valence-corrected chi connectivity index (χ3v) is 2.54. The number of carbonyl (C=O) groups is 2. The van der Waals surface area contributed by atoms with Crippen LogP contribution in [-0.2, 0) is 4.74 Å². The van der Waals surface area contributed by atoms with Crippen LogP contribution in [0.15, 0.2) is 34.9 Å². The molecule has 0 bridgehead atoms. The van der Waals surface area contributed by atoms with E-state index in [0.717, 1.165) is 0 Å². The van der Waals surface area contributed by atoms with Crippen LogP contribution in [0.25, 0.3) is 11.3 Å². The van der Waals surface area contributed by atoms with Gasteiger partial charge in [0.2, 0.25) is 0 Å². The summed E-state index contributed by atoms with van der Waals surface area (Å²) in [6.45, 7) is 5.33. The summed E-state index contributed by atoms with van der Waals surface area (Å²) in [5.74, 6) is -0.820. The molecule has 1 aromatic heterocycles. The fourth-order valence-electron chi connectivity index (χ4n) is 1.65. The minimum Gasteiger partial charge on any atom is -0.476 e. The fourth-order valence-corrected chi connectivity index (χ4v) is 1.65. The Morgan fingerprint density at radius 2 is 1.86 bits per heavy atom. The second-order valence-electron chi connectivity index (χ2n) is 5.59. The number of carboxylic acid groups (broad SMARTS) is 1.